The maximum Gasteiger partial charge on any atom is 0.264 e. The molecule has 0 aromatic heterocycles. The van der Waals surface area contributed by atoms with Crippen LogP contribution < -0.4 is 19.1 Å². The zero-order valence-electron chi connectivity index (χ0n) is 18.7. The first-order valence-corrected chi connectivity index (χ1v) is 12.2. The first kappa shape index (κ1) is 24.1. The van der Waals surface area contributed by atoms with Gasteiger partial charge in [-0.2, -0.15) is 0 Å². The smallest absolute Gasteiger partial charge is 0.264 e. The van der Waals surface area contributed by atoms with Crippen LogP contribution in [0.5, 0.6) is 11.5 Å². The lowest BCUT2D eigenvalue weighted by Gasteiger charge is -2.26. The van der Waals surface area contributed by atoms with Crippen molar-refractivity contribution >= 4 is 21.6 Å². The lowest BCUT2D eigenvalue weighted by atomic mass is 10.2. The summed E-state index contributed by atoms with van der Waals surface area (Å²) in [5.74, 6) is 0.608. The summed E-state index contributed by atoms with van der Waals surface area (Å²) in [4.78, 5) is 13.0. The average Bonchev–Trinajstić information content (AvgIpc) is 2.83. The van der Waals surface area contributed by atoms with Gasteiger partial charge in [0.1, 0.15) is 18.0 Å². The average molecular weight is 469 g/mol. The number of sulfonamides is 1. The van der Waals surface area contributed by atoms with E-state index in [2.05, 4.69) is 5.32 Å². The van der Waals surface area contributed by atoms with E-state index in [1.807, 2.05) is 38.1 Å². The molecule has 0 fully saturated rings. The van der Waals surface area contributed by atoms with Crippen LogP contribution in [0.3, 0.4) is 0 Å². The Bertz CT molecular complexity index is 1170. The fourth-order valence-corrected chi connectivity index (χ4v) is 4.74. The number of hydrogen-bond donors (Lipinski definition) is 1. The molecule has 1 N–H and O–H groups in total. The van der Waals surface area contributed by atoms with E-state index in [-0.39, 0.29) is 11.4 Å². The van der Waals surface area contributed by atoms with Gasteiger partial charge in [-0.15, -0.1) is 0 Å². The SMILES string of the molecule is CCOc1ccccc1CNC(=O)CN(c1ccccc1OCC)S(=O)(=O)c1ccccc1. The van der Waals surface area contributed by atoms with E-state index in [4.69, 9.17) is 9.47 Å². The first-order chi connectivity index (χ1) is 16.0. The van der Waals surface area contributed by atoms with Gasteiger partial charge in [0.05, 0.1) is 23.8 Å². The fourth-order valence-electron chi connectivity index (χ4n) is 3.29. The third-order valence-electron chi connectivity index (χ3n) is 4.80. The quantitative estimate of drug-likeness (QED) is 0.460. The molecular weight excluding hydrogens is 440 g/mol. The molecule has 0 aliphatic carbocycles. The third kappa shape index (κ3) is 6.04. The Morgan fingerprint density at radius 1 is 0.818 bits per heavy atom. The Morgan fingerprint density at radius 3 is 2.09 bits per heavy atom. The lowest BCUT2D eigenvalue weighted by molar-refractivity contribution is -0.119. The predicted octanol–water partition coefficient (Wildman–Crippen LogP) is 4.00. The molecular formula is C25H28N2O5S. The highest BCUT2D eigenvalue weighted by atomic mass is 32.2. The standard InChI is InChI=1S/C25H28N2O5S/c1-3-31-23-16-10-8-12-20(23)18-26-25(28)19-27(22-15-9-11-17-24(22)32-4-2)33(29,30)21-13-6-5-7-14-21/h5-17H,3-4,18-19H2,1-2H3,(H,26,28). The molecule has 0 saturated heterocycles. The van der Waals surface area contributed by atoms with Gasteiger partial charge in [0.25, 0.3) is 10.0 Å². The summed E-state index contributed by atoms with van der Waals surface area (Å²) >= 11 is 0. The minimum absolute atomic E-state index is 0.0887. The summed E-state index contributed by atoms with van der Waals surface area (Å²) in [6.45, 7) is 4.37. The van der Waals surface area contributed by atoms with Crippen LogP contribution in [0.15, 0.2) is 83.8 Å². The van der Waals surface area contributed by atoms with Crippen LogP contribution in [0, 0.1) is 0 Å². The van der Waals surface area contributed by atoms with E-state index in [1.54, 1.807) is 42.5 Å². The molecule has 7 nitrogen and oxygen atoms in total. The highest BCUT2D eigenvalue weighted by Crippen LogP contribution is 2.32. The monoisotopic (exact) mass is 468 g/mol. The second-order valence-corrected chi connectivity index (χ2v) is 8.91. The highest BCUT2D eigenvalue weighted by Gasteiger charge is 2.29. The van der Waals surface area contributed by atoms with Gasteiger partial charge in [0.2, 0.25) is 5.91 Å². The molecule has 0 atom stereocenters. The topological polar surface area (TPSA) is 84.9 Å². The van der Waals surface area contributed by atoms with Crippen molar-refractivity contribution < 1.29 is 22.7 Å². The van der Waals surface area contributed by atoms with Crippen LogP contribution in [0.2, 0.25) is 0 Å². The van der Waals surface area contributed by atoms with Crippen molar-refractivity contribution in [1.82, 2.24) is 5.32 Å². The van der Waals surface area contributed by atoms with Crippen LogP contribution in [-0.2, 0) is 21.4 Å². The molecule has 33 heavy (non-hydrogen) atoms. The maximum atomic E-state index is 13.5. The molecule has 0 radical (unpaired) electrons. The van der Waals surface area contributed by atoms with Crippen molar-refractivity contribution in [2.45, 2.75) is 25.3 Å². The highest BCUT2D eigenvalue weighted by molar-refractivity contribution is 7.92. The molecule has 8 heteroatoms. The lowest BCUT2D eigenvalue weighted by Crippen LogP contribution is -2.41. The molecule has 3 rings (SSSR count). The number of para-hydroxylation sites is 3. The zero-order valence-corrected chi connectivity index (χ0v) is 19.5. The minimum atomic E-state index is -4.02. The number of carbonyl (C=O) groups excluding carboxylic acids is 1. The van der Waals surface area contributed by atoms with Crippen molar-refractivity contribution in [3.8, 4) is 11.5 Å². The van der Waals surface area contributed by atoms with Crippen molar-refractivity contribution in [3.05, 3.63) is 84.4 Å². The van der Waals surface area contributed by atoms with Crippen molar-refractivity contribution in [1.29, 1.82) is 0 Å². The van der Waals surface area contributed by atoms with Crippen molar-refractivity contribution in [3.63, 3.8) is 0 Å². The van der Waals surface area contributed by atoms with Gasteiger partial charge in [-0.05, 0) is 44.2 Å². The number of carbonyl (C=O) groups is 1. The van der Waals surface area contributed by atoms with E-state index < -0.39 is 22.5 Å². The second-order valence-electron chi connectivity index (χ2n) is 7.04. The second kappa shape index (κ2) is 11.4. The van der Waals surface area contributed by atoms with Gasteiger partial charge < -0.3 is 14.8 Å². The fraction of sp³-hybridized carbons (Fsp3) is 0.240. The molecule has 0 aliphatic heterocycles. The normalized spacial score (nSPS) is 11.0. The van der Waals surface area contributed by atoms with Crippen LogP contribution in [0.25, 0.3) is 0 Å². The van der Waals surface area contributed by atoms with Crippen molar-refractivity contribution in [2.24, 2.45) is 0 Å². The van der Waals surface area contributed by atoms with Crippen LogP contribution in [0.4, 0.5) is 5.69 Å². The molecule has 1 amide bonds. The number of nitrogens with zero attached hydrogens (tertiary/aromatic N) is 1. The predicted molar refractivity (Wildman–Crippen MR) is 128 cm³/mol. The Balaban J connectivity index is 1.89. The van der Waals surface area contributed by atoms with Gasteiger partial charge in [-0.1, -0.05) is 48.5 Å². The Hall–Kier alpha value is -3.52. The summed E-state index contributed by atoms with van der Waals surface area (Å²) in [6.07, 6.45) is 0. The molecule has 0 bridgehead atoms. The third-order valence-corrected chi connectivity index (χ3v) is 6.57. The van der Waals surface area contributed by atoms with E-state index in [9.17, 15) is 13.2 Å². The zero-order chi connectivity index (χ0) is 23.7. The molecule has 0 saturated carbocycles. The Labute approximate surface area is 195 Å². The van der Waals surface area contributed by atoms with Gasteiger partial charge in [-0.25, -0.2) is 8.42 Å². The van der Waals surface area contributed by atoms with E-state index >= 15 is 0 Å². The van der Waals surface area contributed by atoms with E-state index in [1.165, 1.54) is 12.1 Å². The van der Waals surface area contributed by atoms with Crippen LogP contribution in [-0.4, -0.2) is 34.1 Å². The number of rotatable bonds is 11. The molecule has 0 spiro atoms. The van der Waals surface area contributed by atoms with E-state index in [0.29, 0.717) is 30.4 Å². The van der Waals surface area contributed by atoms with Crippen LogP contribution >= 0.6 is 0 Å². The summed E-state index contributed by atoms with van der Waals surface area (Å²) in [7, 11) is -4.02. The largest absolute Gasteiger partial charge is 0.494 e. The number of nitrogens with one attached hydrogen (secondary N) is 1. The molecule has 0 heterocycles. The number of anilines is 1. The van der Waals surface area contributed by atoms with Crippen LogP contribution in [0.1, 0.15) is 19.4 Å². The minimum Gasteiger partial charge on any atom is -0.494 e. The number of ether oxygens (including phenoxy) is 2. The summed E-state index contributed by atoms with van der Waals surface area (Å²) in [5, 5.41) is 2.81. The molecule has 3 aromatic rings. The number of benzene rings is 3. The maximum absolute atomic E-state index is 13.5. The van der Waals surface area contributed by atoms with Gasteiger partial charge in [-0.3, -0.25) is 9.10 Å². The van der Waals surface area contributed by atoms with Gasteiger partial charge in [0.15, 0.2) is 0 Å². The number of amides is 1. The summed E-state index contributed by atoms with van der Waals surface area (Å²) < 4.78 is 39.3. The summed E-state index contributed by atoms with van der Waals surface area (Å²) in [5.41, 5.74) is 1.10. The van der Waals surface area contributed by atoms with Gasteiger partial charge in [0, 0.05) is 12.1 Å². The summed E-state index contributed by atoms with van der Waals surface area (Å²) in [6, 6.07) is 22.2. The van der Waals surface area contributed by atoms with Crippen molar-refractivity contribution in [2.75, 3.05) is 24.1 Å². The Morgan fingerprint density at radius 2 is 1.39 bits per heavy atom. The van der Waals surface area contributed by atoms with Gasteiger partial charge >= 0.3 is 0 Å². The molecule has 174 valence electrons. The molecule has 3 aromatic carbocycles. The first-order valence-electron chi connectivity index (χ1n) is 10.7. The molecule has 0 aliphatic rings. The van der Waals surface area contributed by atoms with E-state index in [0.717, 1.165) is 9.87 Å². The molecule has 0 unspecified atom stereocenters. The number of hydrogen-bond acceptors (Lipinski definition) is 5. The Kier molecular flexibility index (Phi) is 8.32.